The Morgan fingerprint density at radius 2 is 1.90 bits per heavy atom. The molecule has 2 aromatic rings. The van der Waals surface area contributed by atoms with E-state index in [2.05, 4.69) is 55.5 Å². The molecule has 0 bridgehead atoms. The summed E-state index contributed by atoms with van der Waals surface area (Å²) < 4.78 is 11.1. The van der Waals surface area contributed by atoms with E-state index < -0.39 is 0 Å². The van der Waals surface area contributed by atoms with E-state index in [9.17, 15) is 0 Å². The van der Waals surface area contributed by atoms with Crippen molar-refractivity contribution in [1.29, 1.82) is 0 Å². The molecule has 2 nitrogen and oxygen atoms in total. The molecule has 1 aliphatic rings. The predicted molar refractivity (Wildman–Crippen MR) is 84.9 cm³/mol. The summed E-state index contributed by atoms with van der Waals surface area (Å²) in [7, 11) is 0. The fourth-order valence-electron chi connectivity index (χ4n) is 2.53. The largest absolute Gasteiger partial charge is 0.491 e. The molecule has 0 N–H and O–H groups in total. The molecular formula is C19H22O2. The lowest BCUT2D eigenvalue weighted by atomic mass is 10.0. The minimum Gasteiger partial charge on any atom is -0.491 e. The van der Waals surface area contributed by atoms with Gasteiger partial charge in [-0.25, -0.2) is 0 Å². The van der Waals surface area contributed by atoms with E-state index in [1.807, 2.05) is 0 Å². The lowest BCUT2D eigenvalue weighted by Crippen LogP contribution is -2.06. The molecule has 2 aromatic carbocycles. The summed E-state index contributed by atoms with van der Waals surface area (Å²) in [5, 5.41) is 0. The minimum absolute atomic E-state index is 0.309. The van der Waals surface area contributed by atoms with E-state index in [0.717, 1.165) is 31.6 Å². The molecule has 2 heteroatoms. The zero-order valence-electron chi connectivity index (χ0n) is 12.5. The molecule has 1 heterocycles. The normalized spacial score (nSPS) is 16.7. The number of benzene rings is 2. The molecule has 1 aliphatic heterocycles. The Hall–Kier alpha value is -1.80. The van der Waals surface area contributed by atoms with Crippen LogP contribution in [-0.2, 0) is 17.6 Å². The van der Waals surface area contributed by atoms with Crippen LogP contribution in [0.2, 0.25) is 0 Å². The van der Waals surface area contributed by atoms with Gasteiger partial charge in [0, 0.05) is 0 Å². The molecule has 0 spiro atoms. The smallest absolute Gasteiger partial charge is 0.122 e. The average molecular weight is 282 g/mol. The van der Waals surface area contributed by atoms with Gasteiger partial charge in [-0.2, -0.15) is 0 Å². The van der Waals surface area contributed by atoms with Gasteiger partial charge in [0.1, 0.15) is 18.5 Å². The fraction of sp³-hybridized carbons (Fsp3) is 0.368. The Bertz CT molecular complexity index is 573. The van der Waals surface area contributed by atoms with Gasteiger partial charge in [0.2, 0.25) is 0 Å². The summed E-state index contributed by atoms with van der Waals surface area (Å²) in [4.78, 5) is 0. The van der Waals surface area contributed by atoms with E-state index in [4.69, 9.17) is 9.47 Å². The van der Waals surface area contributed by atoms with Crippen molar-refractivity contribution >= 4 is 0 Å². The maximum atomic E-state index is 5.89. The van der Waals surface area contributed by atoms with Gasteiger partial charge in [-0.3, -0.25) is 0 Å². The Morgan fingerprint density at radius 1 is 1.10 bits per heavy atom. The molecule has 1 saturated heterocycles. The molecule has 1 fully saturated rings. The predicted octanol–water partition coefficient (Wildman–Crippen LogP) is 4.01. The maximum absolute atomic E-state index is 5.89. The zero-order chi connectivity index (χ0) is 14.5. The van der Waals surface area contributed by atoms with Gasteiger partial charge >= 0.3 is 0 Å². The van der Waals surface area contributed by atoms with Crippen molar-refractivity contribution in [2.45, 2.75) is 32.3 Å². The molecule has 21 heavy (non-hydrogen) atoms. The Morgan fingerprint density at radius 3 is 2.62 bits per heavy atom. The number of hydrogen-bond acceptors (Lipinski definition) is 2. The van der Waals surface area contributed by atoms with E-state index in [1.165, 1.54) is 16.7 Å². The highest BCUT2D eigenvalue weighted by Gasteiger charge is 2.23. The summed E-state index contributed by atoms with van der Waals surface area (Å²) in [5.41, 5.74) is 4.01. The van der Waals surface area contributed by atoms with Crippen molar-refractivity contribution in [3.8, 4) is 5.75 Å². The topological polar surface area (TPSA) is 21.8 Å². The van der Waals surface area contributed by atoms with Gasteiger partial charge in [-0.1, -0.05) is 55.8 Å². The summed E-state index contributed by atoms with van der Waals surface area (Å²) in [6, 6.07) is 17.2. The van der Waals surface area contributed by atoms with Crippen LogP contribution in [0.5, 0.6) is 5.75 Å². The monoisotopic (exact) mass is 282 g/mol. The summed E-state index contributed by atoms with van der Waals surface area (Å²) >= 11 is 0. The van der Waals surface area contributed by atoms with Crippen LogP contribution in [0.3, 0.4) is 0 Å². The van der Waals surface area contributed by atoms with Crippen molar-refractivity contribution < 1.29 is 9.47 Å². The summed E-state index contributed by atoms with van der Waals surface area (Å²) in [6.07, 6.45) is 3.47. The van der Waals surface area contributed by atoms with Crippen LogP contribution in [0.15, 0.2) is 48.5 Å². The Labute approximate surface area is 126 Å². The molecular weight excluding hydrogens is 260 g/mol. The standard InChI is InChI=1S/C19H22O2/c1-2-6-17-12-16(11-15-7-4-3-5-8-15)9-10-19(17)21-14-18-13-20-18/h3-5,7-10,12,18H,2,6,11,13-14H2,1H3. The van der Waals surface area contributed by atoms with Crippen LogP contribution in [0.1, 0.15) is 30.0 Å². The molecule has 0 amide bonds. The molecule has 0 aromatic heterocycles. The molecule has 110 valence electrons. The van der Waals surface area contributed by atoms with Gasteiger partial charge in [0.25, 0.3) is 0 Å². The minimum atomic E-state index is 0.309. The first-order valence-corrected chi connectivity index (χ1v) is 7.75. The van der Waals surface area contributed by atoms with Gasteiger partial charge in [-0.15, -0.1) is 0 Å². The number of hydrogen-bond donors (Lipinski definition) is 0. The Kier molecular flexibility index (Phi) is 4.56. The summed E-state index contributed by atoms with van der Waals surface area (Å²) in [6.45, 7) is 3.72. The highest BCUT2D eigenvalue weighted by Crippen LogP contribution is 2.24. The second-order valence-electron chi connectivity index (χ2n) is 5.62. The second kappa shape index (κ2) is 6.77. The molecule has 0 saturated carbocycles. The number of rotatable bonds is 7. The van der Waals surface area contributed by atoms with Crippen molar-refractivity contribution in [1.82, 2.24) is 0 Å². The third-order valence-electron chi connectivity index (χ3n) is 3.72. The molecule has 3 rings (SSSR count). The molecule has 1 atom stereocenters. The van der Waals surface area contributed by atoms with Crippen LogP contribution in [0, 0.1) is 0 Å². The second-order valence-corrected chi connectivity index (χ2v) is 5.62. The third-order valence-corrected chi connectivity index (χ3v) is 3.72. The first-order chi connectivity index (χ1) is 10.3. The van der Waals surface area contributed by atoms with Crippen LogP contribution >= 0.6 is 0 Å². The van der Waals surface area contributed by atoms with Gasteiger partial charge in [0.05, 0.1) is 6.61 Å². The highest BCUT2D eigenvalue weighted by atomic mass is 16.6. The lowest BCUT2D eigenvalue weighted by molar-refractivity contribution is 0.261. The van der Waals surface area contributed by atoms with Gasteiger partial charge in [0.15, 0.2) is 0 Å². The number of epoxide rings is 1. The summed E-state index contributed by atoms with van der Waals surface area (Å²) in [5.74, 6) is 1.02. The maximum Gasteiger partial charge on any atom is 0.122 e. The van der Waals surface area contributed by atoms with E-state index >= 15 is 0 Å². The molecule has 1 unspecified atom stereocenters. The van der Waals surface area contributed by atoms with Crippen LogP contribution < -0.4 is 4.74 Å². The van der Waals surface area contributed by atoms with Crippen molar-refractivity contribution in [3.05, 3.63) is 65.2 Å². The van der Waals surface area contributed by atoms with Gasteiger partial charge in [-0.05, 0) is 35.6 Å². The van der Waals surface area contributed by atoms with Crippen molar-refractivity contribution in [2.75, 3.05) is 13.2 Å². The van der Waals surface area contributed by atoms with Crippen molar-refractivity contribution in [3.63, 3.8) is 0 Å². The number of aryl methyl sites for hydroxylation is 1. The SMILES string of the molecule is CCCc1cc(Cc2ccccc2)ccc1OCC1CO1. The quantitative estimate of drug-likeness (QED) is 0.716. The average Bonchev–Trinajstić information content (AvgIpc) is 3.32. The highest BCUT2D eigenvalue weighted by molar-refractivity contribution is 5.39. The zero-order valence-corrected chi connectivity index (χ0v) is 12.5. The first-order valence-electron chi connectivity index (χ1n) is 7.75. The Balaban J connectivity index is 1.73. The molecule has 0 aliphatic carbocycles. The third kappa shape index (κ3) is 4.08. The molecule has 0 radical (unpaired) electrons. The van der Waals surface area contributed by atoms with Crippen LogP contribution in [0.25, 0.3) is 0 Å². The van der Waals surface area contributed by atoms with E-state index in [0.29, 0.717) is 12.7 Å². The lowest BCUT2D eigenvalue weighted by Gasteiger charge is -2.12. The first kappa shape index (κ1) is 14.2. The number of ether oxygens (including phenoxy) is 2. The van der Waals surface area contributed by atoms with Crippen LogP contribution in [0.4, 0.5) is 0 Å². The van der Waals surface area contributed by atoms with Crippen LogP contribution in [-0.4, -0.2) is 19.3 Å². The van der Waals surface area contributed by atoms with Gasteiger partial charge < -0.3 is 9.47 Å². The van der Waals surface area contributed by atoms with Crippen molar-refractivity contribution in [2.24, 2.45) is 0 Å². The van der Waals surface area contributed by atoms with E-state index in [1.54, 1.807) is 0 Å². The van der Waals surface area contributed by atoms with E-state index in [-0.39, 0.29) is 0 Å². The fourth-order valence-corrected chi connectivity index (χ4v) is 2.53.